The van der Waals surface area contributed by atoms with Crippen molar-refractivity contribution >= 4 is 18.2 Å². The minimum absolute atomic E-state index is 1.04. The molecule has 0 amide bonds. The van der Waals surface area contributed by atoms with Crippen molar-refractivity contribution in [1.82, 2.24) is 0 Å². The van der Waals surface area contributed by atoms with E-state index in [1.807, 2.05) is 36.4 Å². The van der Waals surface area contributed by atoms with Crippen molar-refractivity contribution in [1.29, 1.82) is 0 Å². The number of hydrogen-bond donors (Lipinski definition) is 0. The van der Waals surface area contributed by atoms with Gasteiger partial charge in [-0.15, -0.1) is 17.2 Å². The molecule has 15 heavy (non-hydrogen) atoms. The molecule has 0 aromatic heterocycles. The Hall–Kier alpha value is -2.22. The van der Waals surface area contributed by atoms with Crippen molar-refractivity contribution < 1.29 is 0 Å². The molecular weight excluding hydrogens is 180 g/mol. The fourth-order valence-electron chi connectivity index (χ4n) is 1.31. The molecule has 0 atom stereocenters. The van der Waals surface area contributed by atoms with Crippen LogP contribution in [0.5, 0.6) is 0 Å². The molecule has 0 aliphatic heterocycles. The Morgan fingerprint density at radius 2 is 0.933 bits per heavy atom. The zero-order valence-electron chi connectivity index (χ0n) is 8.59. The lowest BCUT2D eigenvalue weighted by Gasteiger charge is -1.99. The Morgan fingerprint density at radius 3 is 1.13 bits per heavy atom. The average Bonchev–Trinajstić information content (AvgIpc) is 2.19. The van der Waals surface area contributed by atoms with E-state index >= 15 is 0 Å². The van der Waals surface area contributed by atoms with Crippen LogP contribution in [0.3, 0.4) is 0 Å². The highest BCUT2D eigenvalue weighted by molar-refractivity contribution is 5.64. The van der Waals surface area contributed by atoms with Crippen LogP contribution in [0.4, 0.5) is 0 Å². The van der Waals surface area contributed by atoms with Crippen molar-refractivity contribution in [2.45, 2.75) is 0 Å². The summed E-state index contributed by atoms with van der Waals surface area (Å²) in [5, 5.41) is 0. The predicted octanol–water partition coefficient (Wildman–Crippen LogP) is 4.08. The minimum atomic E-state index is 1.04. The van der Waals surface area contributed by atoms with E-state index < -0.39 is 0 Å². The van der Waals surface area contributed by atoms with Gasteiger partial charge >= 0.3 is 0 Å². The molecule has 1 rings (SSSR count). The summed E-state index contributed by atoms with van der Waals surface area (Å²) < 4.78 is 0. The fraction of sp³-hybridized carbons (Fsp3) is 0. The predicted molar refractivity (Wildman–Crippen MR) is 67.3 cm³/mol. The van der Waals surface area contributed by atoms with E-state index in [9.17, 15) is 0 Å². The van der Waals surface area contributed by atoms with Gasteiger partial charge < -0.3 is 0 Å². The first-order chi connectivity index (χ1) is 7.30. The molecule has 0 N–H and O–H groups in total. The summed E-state index contributed by atoms with van der Waals surface area (Å²) in [7, 11) is 0. The van der Waals surface area contributed by atoms with Crippen molar-refractivity contribution in [3.8, 4) is 0 Å². The van der Waals surface area contributed by atoms with E-state index in [1.165, 1.54) is 0 Å². The molecule has 0 saturated heterocycles. The molecule has 0 spiro atoms. The highest BCUT2D eigenvalue weighted by Gasteiger charge is 1.94. The second-order valence-electron chi connectivity index (χ2n) is 2.98. The van der Waals surface area contributed by atoms with Gasteiger partial charge in [-0.3, -0.25) is 0 Å². The zero-order valence-corrected chi connectivity index (χ0v) is 8.59. The molecule has 0 aliphatic rings. The first-order valence-corrected chi connectivity index (χ1v) is 4.52. The van der Waals surface area contributed by atoms with E-state index in [1.54, 1.807) is 0 Å². The summed E-state index contributed by atoms with van der Waals surface area (Å²) in [6, 6.07) is 6.03. The maximum Gasteiger partial charge on any atom is -0.0133 e. The van der Waals surface area contributed by atoms with Crippen LogP contribution in [0.1, 0.15) is 16.7 Å². The van der Waals surface area contributed by atoms with Gasteiger partial charge in [0.25, 0.3) is 0 Å². The lowest BCUT2D eigenvalue weighted by atomic mass is 10.1. The van der Waals surface area contributed by atoms with Crippen LogP contribution in [0.2, 0.25) is 0 Å². The summed E-state index contributed by atoms with van der Waals surface area (Å²) in [5.74, 6) is 0. The normalized spacial score (nSPS) is 8.00. The quantitative estimate of drug-likeness (QED) is 0.633. The summed E-state index contributed by atoms with van der Waals surface area (Å²) >= 11 is 0. The standard InChI is InChI=1S/C15H12/c1-4-7-13-10-14(8-5-2)12-15(11-13)9-6-3/h7-12H,1-3H2. The van der Waals surface area contributed by atoms with Gasteiger partial charge in [-0.05, 0) is 53.1 Å². The average molecular weight is 192 g/mol. The van der Waals surface area contributed by atoms with Gasteiger partial charge in [-0.2, -0.15) is 0 Å². The number of hydrogen-bond acceptors (Lipinski definition) is 0. The topological polar surface area (TPSA) is 0 Å². The fourth-order valence-corrected chi connectivity index (χ4v) is 1.31. The van der Waals surface area contributed by atoms with E-state index in [2.05, 4.69) is 36.9 Å². The van der Waals surface area contributed by atoms with Crippen LogP contribution in [0.15, 0.2) is 55.1 Å². The second-order valence-corrected chi connectivity index (χ2v) is 2.98. The van der Waals surface area contributed by atoms with Gasteiger partial charge in [-0.1, -0.05) is 19.7 Å². The van der Waals surface area contributed by atoms with Crippen molar-refractivity contribution in [2.24, 2.45) is 0 Å². The first kappa shape index (κ1) is 10.9. The summed E-state index contributed by atoms with van der Waals surface area (Å²) in [4.78, 5) is 0. The van der Waals surface area contributed by atoms with E-state index in [4.69, 9.17) is 0 Å². The molecule has 0 radical (unpaired) electrons. The third kappa shape index (κ3) is 3.19. The monoisotopic (exact) mass is 192 g/mol. The zero-order chi connectivity index (χ0) is 11.1. The maximum atomic E-state index is 3.55. The Kier molecular flexibility index (Phi) is 3.98. The van der Waals surface area contributed by atoms with Crippen LogP contribution >= 0.6 is 0 Å². The third-order valence-corrected chi connectivity index (χ3v) is 1.81. The smallest absolute Gasteiger partial charge is 0.0133 e. The Morgan fingerprint density at radius 1 is 0.667 bits per heavy atom. The SMILES string of the molecule is C=C=Cc1cc(C=C=C)cc(C=C=C)c1. The second kappa shape index (κ2) is 5.50. The molecule has 72 valence electrons. The van der Waals surface area contributed by atoms with Crippen LogP contribution in [-0.4, -0.2) is 0 Å². The molecule has 0 heteroatoms. The summed E-state index contributed by atoms with van der Waals surface area (Å²) in [6.45, 7) is 10.7. The Labute approximate surface area is 90.6 Å². The highest BCUT2D eigenvalue weighted by atomic mass is 14.0. The van der Waals surface area contributed by atoms with E-state index in [0.29, 0.717) is 0 Å². The summed E-state index contributed by atoms with van der Waals surface area (Å²) in [6.07, 6.45) is 5.46. The summed E-state index contributed by atoms with van der Waals surface area (Å²) in [5.41, 5.74) is 11.4. The van der Waals surface area contributed by atoms with E-state index in [0.717, 1.165) is 16.7 Å². The maximum absolute atomic E-state index is 3.55. The molecule has 0 bridgehead atoms. The van der Waals surface area contributed by atoms with Crippen LogP contribution in [-0.2, 0) is 0 Å². The van der Waals surface area contributed by atoms with Gasteiger partial charge in [0, 0.05) is 0 Å². The van der Waals surface area contributed by atoms with Gasteiger partial charge in [0.05, 0.1) is 0 Å². The number of benzene rings is 1. The number of rotatable bonds is 3. The highest BCUT2D eigenvalue weighted by Crippen LogP contribution is 2.13. The van der Waals surface area contributed by atoms with E-state index in [-0.39, 0.29) is 0 Å². The minimum Gasteiger partial charge on any atom is -0.128 e. The van der Waals surface area contributed by atoms with Crippen LogP contribution < -0.4 is 0 Å². The lowest BCUT2D eigenvalue weighted by molar-refractivity contribution is 1.59. The van der Waals surface area contributed by atoms with Crippen LogP contribution in [0.25, 0.3) is 18.2 Å². The molecule has 0 fully saturated rings. The molecular formula is C15H12. The van der Waals surface area contributed by atoms with Crippen molar-refractivity contribution in [3.05, 3.63) is 71.8 Å². The Balaban J connectivity index is 3.36. The first-order valence-electron chi connectivity index (χ1n) is 4.52. The molecule has 0 saturated carbocycles. The molecule has 0 aliphatic carbocycles. The molecule has 0 nitrogen and oxygen atoms in total. The molecule has 0 heterocycles. The van der Waals surface area contributed by atoms with Crippen molar-refractivity contribution in [2.75, 3.05) is 0 Å². The van der Waals surface area contributed by atoms with Crippen molar-refractivity contribution in [3.63, 3.8) is 0 Å². The lowest BCUT2D eigenvalue weighted by Crippen LogP contribution is -1.79. The van der Waals surface area contributed by atoms with Gasteiger partial charge in [0.2, 0.25) is 0 Å². The molecule has 1 aromatic carbocycles. The van der Waals surface area contributed by atoms with Gasteiger partial charge in [0.1, 0.15) is 0 Å². The largest absolute Gasteiger partial charge is 0.128 e. The Bertz CT molecular complexity index is 410. The van der Waals surface area contributed by atoms with Gasteiger partial charge in [-0.25, -0.2) is 0 Å². The molecule has 0 unspecified atom stereocenters. The van der Waals surface area contributed by atoms with Crippen LogP contribution in [0, 0.1) is 0 Å². The molecule has 1 aromatic rings. The third-order valence-electron chi connectivity index (χ3n) is 1.81. The van der Waals surface area contributed by atoms with Gasteiger partial charge in [0.15, 0.2) is 0 Å².